The zero-order valence-corrected chi connectivity index (χ0v) is 10.4. The zero-order valence-electron chi connectivity index (χ0n) is 9.61. The average Bonchev–Trinajstić information content (AvgIpc) is 2.82. The van der Waals surface area contributed by atoms with Gasteiger partial charge >= 0.3 is 0 Å². The molecule has 1 aromatic carbocycles. The van der Waals surface area contributed by atoms with Gasteiger partial charge in [0, 0.05) is 6.54 Å². The Balaban J connectivity index is 2.35. The summed E-state index contributed by atoms with van der Waals surface area (Å²) in [7, 11) is 0. The van der Waals surface area contributed by atoms with E-state index in [0.717, 1.165) is 0 Å². The van der Waals surface area contributed by atoms with Crippen molar-refractivity contribution in [2.45, 2.75) is 6.92 Å². The third kappa shape index (κ3) is 2.28. The maximum Gasteiger partial charge on any atom is 0.292 e. The molecule has 0 aliphatic rings. The van der Waals surface area contributed by atoms with Gasteiger partial charge in [-0.05, 0) is 19.1 Å². The van der Waals surface area contributed by atoms with Crippen LogP contribution in [0, 0.1) is 0 Å². The van der Waals surface area contributed by atoms with Gasteiger partial charge in [-0.2, -0.15) is 4.98 Å². The molecule has 0 saturated heterocycles. The number of anilines is 1. The number of nitrogen functional groups attached to an aromatic ring is 1. The van der Waals surface area contributed by atoms with Crippen LogP contribution in [0.3, 0.4) is 0 Å². The number of hydrogen-bond donors (Lipinski definition) is 2. The van der Waals surface area contributed by atoms with E-state index >= 15 is 0 Å². The molecule has 0 bridgehead atoms. The van der Waals surface area contributed by atoms with Crippen molar-refractivity contribution in [3.63, 3.8) is 0 Å². The van der Waals surface area contributed by atoms with Crippen LogP contribution in [0.5, 0.6) is 0 Å². The zero-order chi connectivity index (χ0) is 13.1. The Hall–Kier alpha value is -2.08. The largest absolute Gasteiger partial charge is 0.397 e. The van der Waals surface area contributed by atoms with Crippen molar-refractivity contribution >= 4 is 23.2 Å². The van der Waals surface area contributed by atoms with Crippen molar-refractivity contribution in [3.8, 4) is 11.5 Å². The van der Waals surface area contributed by atoms with Gasteiger partial charge in [-0.1, -0.05) is 22.8 Å². The highest BCUT2D eigenvalue weighted by Gasteiger charge is 2.17. The van der Waals surface area contributed by atoms with Gasteiger partial charge in [0.1, 0.15) is 0 Å². The van der Waals surface area contributed by atoms with Crippen LogP contribution in [0.15, 0.2) is 22.7 Å². The van der Waals surface area contributed by atoms with Crippen LogP contribution < -0.4 is 11.1 Å². The van der Waals surface area contributed by atoms with Crippen molar-refractivity contribution in [1.82, 2.24) is 15.5 Å². The second kappa shape index (κ2) is 5.05. The van der Waals surface area contributed by atoms with E-state index in [1.165, 1.54) is 0 Å². The van der Waals surface area contributed by atoms with Gasteiger partial charge in [-0.3, -0.25) is 4.79 Å². The number of aromatic nitrogens is 2. The molecule has 0 radical (unpaired) electrons. The molecule has 1 heterocycles. The van der Waals surface area contributed by atoms with Crippen molar-refractivity contribution < 1.29 is 9.32 Å². The fourth-order valence-electron chi connectivity index (χ4n) is 1.39. The Bertz CT molecular complexity index is 582. The summed E-state index contributed by atoms with van der Waals surface area (Å²) >= 11 is 5.89. The number of amides is 1. The van der Waals surface area contributed by atoms with Crippen molar-refractivity contribution in [3.05, 3.63) is 29.0 Å². The number of nitrogens with one attached hydrogen (secondary N) is 1. The number of nitrogens with zero attached hydrogens (tertiary/aromatic N) is 2. The highest BCUT2D eigenvalue weighted by Crippen LogP contribution is 2.30. The lowest BCUT2D eigenvalue weighted by Crippen LogP contribution is -2.23. The third-order valence-corrected chi connectivity index (χ3v) is 2.58. The van der Waals surface area contributed by atoms with Gasteiger partial charge in [-0.25, -0.2) is 0 Å². The summed E-state index contributed by atoms with van der Waals surface area (Å²) < 4.78 is 4.99. The number of benzene rings is 1. The van der Waals surface area contributed by atoms with Gasteiger partial charge in [0.05, 0.1) is 16.3 Å². The van der Waals surface area contributed by atoms with Crippen LogP contribution in [0.2, 0.25) is 5.02 Å². The van der Waals surface area contributed by atoms with Crippen LogP contribution >= 0.6 is 11.6 Å². The quantitative estimate of drug-likeness (QED) is 0.825. The summed E-state index contributed by atoms with van der Waals surface area (Å²) in [5.41, 5.74) is 6.64. The van der Waals surface area contributed by atoms with Crippen LogP contribution in [0.25, 0.3) is 11.5 Å². The minimum atomic E-state index is -0.395. The van der Waals surface area contributed by atoms with Crippen LogP contribution in [-0.4, -0.2) is 22.6 Å². The number of carbonyl (C=O) groups excluding carboxylic acids is 1. The number of halogens is 1. The molecule has 0 fully saturated rings. The van der Waals surface area contributed by atoms with Gasteiger partial charge in [0.2, 0.25) is 0 Å². The maximum absolute atomic E-state index is 11.5. The van der Waals surface area contributed by atoms with E-state index in [0.29, 0.717) is 22.8 Å². The number of hydrogen-bond acceptors (Lipinski definition) is 5. The van der Waals surface area contributed by atoms with E-state index in [1.54, 1.807) is 25.1 Å². The predicted molar refractivity (Wildman–Crippen MR) is 67.2 cm³/mol. The lowest BCUT2D eigenvalue weighted by atomic mass is 10.2. The molecule has 1 amide bonds. The molecule has 94 valence electrons. The predicted octanol–water partition coefficient (Wildman–Crippen LogP) is 1.72. The summed E-state index contributed by atoms with van der Waals surface area (Å²) in [4.78, 5) is 15.5. The third-order valence-electron chi connectivity index (χ3n) is 2.25. The summed E-state index contributed by atoms with van der Waals surface area (Å²) in [5.74, 6) is -0.268. The van der Waals surface area contributed by atoms with E-state index in [4.69, 9.17) is 21.9 Å². The number of rotatable bonds is 3. The molecule has 6 nitrogen and oxygen atoms in total. The first-order chi connectivity index (χ1) is 8.63. The average molecular weight is 267 g/mol. The molecule has 18 heavy (non-hydrogen) atoms. The Morgan fingerprint density at radius 3 is 3.06 bits per heavy atom. The molecule has 0 aliphatic carbocycles. The fraction of sp³-hybridized carbons (Fsp3) is 0.182. The number of carbonyl (C=O) groups is 1. The highest BCUT2D eigenvalue weighted by atomic mass is 35.5. The lowest BCUT2D eigenvalue weighted by Gasteiger charge is -2.01. The van der Waals surface area contributed by atoms with E-state index in [-0.39, 0.29) is 11.7 Å². The Kier molecular flexibility index (Phi) is 3.47. The summed E-state index contributed by atoms with van der Waals surface area (Å²) in [6, 6.07) is 5.06. The van der Waals surface area contributed by atoms with Crippen LogP contribution in [0.1, 0.15) is 17.5 Å². The SMILES string of the molecule is CCNC(=O)c1noc(-c2cccc(Cl)c2N)n1. The molecule has 0 aliphatic heterocycles. The van der Waals surface area contributed by atoms with Crippen molar-refractivity contribution in [1.29, 1.82) is 0 Å². The minimum absolute atomic E-state index is 0.0359. The topological polar surface area (TPSA) is 94.0 Å². The molecular formula is C11H11ClN4O2. The first-order valence-corrected chi connectivity index (χ1v) is 5.67. The second-order valence-electron chi connectivity index (χ2n) is 3.48. The molecule has 0 saturated carbocycles. The van der Waals surface area contributed by atoms with E-state index < -0.39 is 5.91 Å². The Morgan fingerprint density at radius 2 is 2.33 bits per heavy atom. The van der Waals surface area contributed by atoms with Gasteiger partial charge in [-0.15, -0.1) is 0 Å². The van der Waals surface area contributed by atoms with E-state index in [1.807, 2.05) is 0 Å². The lowest BCUT2D eigenvalue weighted by molar-refractivity contribution is 0.0942. The van der Waals surface area contributed by atoms with Crippen LogP contribution in [0.4, 0.5) is 5.69 Å². The Labute approximate surface area is 108 Å². The monoisotopic (exact) mass is 266 g/mol. The molecule has 7 heteroatoms. The van der Waals surface area contributed by atoms with Crippen LogP contribution in [-0.2, 0) is 0 Å². The summed E-state index contributed by atoms with van der Waals surface area (Å²) in [6.45, 7) is 2.29. The second-order valence-corrected chi connectivity index (χ2v) is 3.89. The van der Waals surface area contributed by atoms with Crippen molar-refractivity contribution in [2.24, 2.45) is 0 Å². The normalized spacial score (nSPS) is 10.3. The van der Waals surface area contributed by atoms with Gasteiger partial charge in [0.15, 0.2) is 0 Å². The summed E-state index contributed by atoms with van der Waals surface area (Å²) in [6.07, 6.45) is 0. The molecule has 3 N–H and O–H groups in total. The maximum atomic E-state index is 11.5. The molecular weight excluding hydrogens is 256 g/mol. The van der Waals surface area contributed by atoms with E-state index in [2.05, 4.69) is 15.5 Å². The first-order valence-electron chi connectivity index (χ1n) is 5.29. The standard InChI is InChI=1S/C11H11ClN4O2/c1-2-14-10(17)9-15-11(18-16-9)6-4-3-5-7(12)8(6)13/h3-5H,2,13H2,1H3,(H,14,17). The first kappa shape index (κ1) is 12.4. The highest BCUT2D eigenvalue weighted by molar-refractivity contribution is 6.33. The molecule has 0 atom stereocenters. The molecule has 0 spiro atoms. The smallest absolute Gasteiger partial charge is 0.292 e. The Morgan fingerprint density at radius 1 is 1.56 bits per heavy atom. The van der Waals surface area contributed by atoms with Gasteiger partial charge in [0.25, 0.3) is 17.6 Å². The minimum Gasteiger partial charge on any atom is -0.397 e. The fourth-order valence-corrected chi connectivity index (χ4v) is 1.56. The van der Waals surface area contributed by atoms with E-state index in [9.17, 15) is 4.79 Å². The molecule has 0 unspecified atom stereocenters. The summed E-state index contributed by atoms with van der Waals surface area (Å²) in [5, 5.41) is 6.55. The number of nitrogens with two attached hydrogens (primary N) is 1. The van der Waals surface area contributed by atoms with Gasteiger partial charge < -0.3 is 15.6 Å². The molecule has 1 aromatic heterocycles. The van der Waals surface area contributed by atoms with Crippen molar-refractivity contribution in [2.75, 3.05) is 12.3 Å². The number of para-hydroxylation sites is 1. The molecule has 2 rings (SSSR count). The molecule has 2 aromatic rings.